The lowest BCUT2D eigenvalue weighted by Crippen LogP contribution is -2.36. The zero-order valence-electron chi connectivity index (χ0n) is 32.2. The highest BCUT2D eigenvalue weighted by Gasteiger charge is 2.36. The second-order valence-corrected chi connectivity index (χ2v) is 15.7. The fourth-order valence-electron chi connectivity index (χ4n) is 6.44. The van der Waals surface area contributed by atoms with Gasteiger partial charge in [-0.2, -0.15) is 0 Å². The van der Waals surface area contributed by atoms with E-state index >= 15 is 0 Å². The molecule has 0 saturated carbocycles. The number of amides is 1. The Balaban J connectivity index is 1.24. The summed E-state index contributed by atoms with van der Waals surface area (Å²) in [7, 11) is 1.15. The van der Waals surface area contributed by atoms with Gasteiger partial charge in [0.1, 0.15) is 8.30 Å². The number of nitrogens with zero attached hydrogens (tertiary/aromatic N) is 5. The van der Waals surface area contributed by atoms with Gasteiger partial charge in [-0.3, -0.25) is 19.6 Å². The molecule has 9 nitrogen and oxygen atoms in total. The van der Waals surface area contributed by atoms with Crippen molar-refractivity contribution in [1.82, 2.24) is 9.57 Å². The Morgan fingerprint density at radius 3 is 1.96 bits per heavy atom. The van der Waals surface area contributed by atoms with Gasteiger partial charge in [-0.15, -0.1) is 0 Å². The van der Waals surface area contributed by atoms with Crippen LogP contribution in [-0.2, 0) is 9.32 Å². The molecule has 3 aromatic carbocycles. The van der Waals surface area contributed by atoms with Crippen molar-refractivity contribution in [2.75, 3.05) is 37.7 Å². The van der Waals surface area contributed by atoms with E-state index in [1.54, 1.807) is 12.1 Å². The van der Waals surface area contributed by atoms with E-state index in [9.17, 15) is 14.9 Å². The monoisotopic (exact) mass is 724 g/mol. The first-order chi connectivity index (χ1) is 25.5. The SMILES string of the molecule is [2H]C[C@@H]1C[C@@H](OP(CCC[N+]#[C-])N(C(C)C)C(C)C)CN1C(=O)CCCN(C)c1ccc(/C=C/c2ccc(/C=C/c3ccc([N+](=O)[O-])cc3)cc2)cc1. The third kappa shape index (κ3) is 12.1. The molecule has 1 heterocycles. The van der Waals surface area contributed by atoms with Gasteiger partial charge < -0.3 is 19.2 Å². The van der Waals surface area contributed by atoms with Crippen LogP contribution in [-0.4, -0.2) is 77.5 Å². The fourth-order valence-corrected chi connectivity index (χ4v) is 8.82. The van der Waals surface area contributed by atoms with Crippen LogP contribution in [0.25, 0.3) is 29.1 Å². The maximum absolute atomic E-state index is 13.4. The predicted octanol–water partition coefficient (Wildman–Crippen LogP) is 9.90. The maximum atomic E-state index is 13.4. The number of carbonyl (C=O) groups is 1. The minimum absolute atomic E-state index is 0.0814. The predicted molar refractivity (Wildman–Crippen MR) is 217 cm³/mol. The highest BCUT2D eigenvalue weighted by Crippen LogP contribution is 2.48. The van der Waals surface area contributed by atoms with E-state index in [1.165, 1.54) is 12.1 Å². The molecule has 1 fully saturated rings. The van der Waals surface area contributed by atoms with Crippen molar-refractivity contribution < 1.29 is 15.6 Å². The van der Waals surface area contributed by atoms with E-state index in [0.717, 1.165) is 53.5 Å². The van der Waals surface area contributed by atoms with Gasteiger partial charge in [0.2, 0.25) is 12.5 Å². The second-order valence-electron chi connectivity index (χ2n) is 13.8. The number of hydrogen-bond acceptors (Lipinski definition) is 6. The Kier molecular flexibility index (Phi) is 15.0. The molecule has 3 aromatic rings. The van der Waals surface area contributed by atoms with Crippen LogP contribution in [0.4, 0.5) is 11.4 Å². The molecule has 1 aliphatic heterocycles. The maximum Gasteiger partial charge on any atom is 0.269 e. The quantitative estimate of drug-likeness (QED) is 0.0324. The Morgan fingerprint density at radius 2 is 1.48 bits per heavy atom. The Labute approximate surface area is 313 Å². The second kappa shape index (κ2) is 20.0. The van der Waals surface area contributed by atoms with Gasteiger partial charge in [-0.25, -0.2) is 6.57 Å². The zero-order valence-corrected chi connectivity index (χ0v) is 32.1. The summed E-state index contributed by atoms with van der Waals surface area (Å²) in [5.41, 5.74) is 5.28. The van der Waals surface area contributed by atoms with Crippen LogP contribution in [0.3, 0.4) is 0 Å². The summed E-state index contributed by atoms with van der Waals surface area (Å²) >= 11 is 0. The lowest BCUT2D eigenvalue weighted by atomic mass is 10.1. The molecule has 1 saturated heterocycles. The molecule has 0 spiro atoms. The van der Waals surface area contributed by atoms with Crippen LogP contribution < -0.4 is 4.90 Å². The third-order valence-electron chi connectivity index (χ3n) is 9.10. The van der Waals surface area contributed by atoms with Crippen LogP contribution in [0, 0.1) is 16.7 Å². The van der Waals surface area contributed by atoms with Gasteiger partial charge in [0.05, 0.1) is 11.0 Å². The van der Waals surface area contributed by atoms with Gasteiger partial charge in [0.15, 0.2) is 0 Å². The highest BCUT2D eigenvalue weighted by molar-refractivity contribution is 7.50. The van der Waals surface area contributed by atoms with Crippen molar-refractivity contribution in [2.45, 2.75) is 84.5 Å². The van der Waals surface area contributed by atoms with E-state index in [4.69, 9.17) is 12.5 Å². The molecule has 10 heteroatoms. The lowest BCUT2D eigenvalue weighted by molar-refractivity contribution is -0.384. The molecular weight excluding hydrogens is 669 g/mol. The average Bonchev–Trinajstić information content (AvgIpc) is 3.56. The van der Waals surface area contributed by atoms with E-state index < -0.39 is 13.2 Å². The topological polar surface area (TPSA) is 83.5 Å². The highest BCUT2D eigenvalue weighted by atomic mass is 31.2. The Bertz CT molecular complexity index is 1700. The Morgan fingerprint density at radius 1 is 0.962 bits per heavy atom. The number of rotatable bonds is 18. The van der Waals surface area contributed by atoms with Crippen molar-refractivity contribution in [1.29, 1.82) is 0 Å². The van der Waals surface area contributed by atoms with Crippen LogP contribution in [0.1, 0.15) is 83.9 Å². The van der Waals surface area contributed by atoms with Crippen molar-refractivity contribution in [2.24, 2.45) is 0 Å². The van der Waals surface area contributed by atoms with Crippen molar-refractivity contribution >= 4 is 49.9 Å². The van der Waals surface area contributed by atoms with E-state index in [-0.39, 0.29) is 30.6 Å². The summed E-state index contributed by atoms with van der Waals surface area (Å²) in [6.45, 7) is 17.9. The molecule has 0 aliphatic carbocycles. The van der Waals surface area contributed by atoms with Crippen molar-refractivity contribution in [3.8, 4) is 0 Å². The van der Waals surface area contributed by atoms with E-state index in [1.807, 2.05) is 36.2 Å². The van der Waals surface area contributed by atoms with Gasteiger partial charge in [-0.1, -0.05) is 60.7 Å². The number of likely N-dealkylation sites (tertiary alicyclic amines) is 1. The average molecular weight is 725 g/mol. The van der Waals surface area contributed by atoms with Crippen LogP contribution >= 0.6 is 8.30 Å². The molecule has 1 unspecified atom stereocenters. The van der Waals surface area contributed by atoms with Gasteiger partial charge in [-0.05, 0) is 94.0 Å². The minimum Gasteiger partial charge on any atom is -0.375 e. The molecule has 1 amide bonds. The van der Waals surface area contributed by atoms with Gasteiger partial charge in [0.25, 0.3) is 5.69 Å². The number of nitro groups is 1. The molecule has 276 valence electrons. The van der Waals surface area contributed by atoms with Crippen LogP contribution in [0.5, 0.6) is 0 Å². The van der Waals surface area contributed by atoms with Gasteiger partial charge in [0, 0.05) is 76.5 Å². The number of non-ortho nitro benzene ring substituents is 1. The first-order valence-electron chi connectivity index (χ1n) is 18.9. The summed E-state index contributed by atoms with van der Waals surface area (Å²) in [6.07, 6.45) is 11.5. The fraction of sp³-hybridized carbons (Fsp3) is 0.429. The molecule has 0 N–H and O–H groups in total. The molecule has 0 bridgehead atoms. The van der Waals surface area contributed by atoms with Crippen molar-refractivity contribution in [3.05, 3.63) is 117 Å². The molecule has 0 radical (unpaired) electrons. The zero-order chi connectivity index (χ0) is 38.3. The minimum atomic E-state index is -0.898. The van der Waals surface area contributed by atoms with E-state index in [0.29, 0.717) is 38.0 Å². The van der Waals surface area contributed by atoms with E-state index in [2.05, 4.69) is 90.7 Å². The number of hydrogen-bond donors (Lipinski definition) is 0. The number of anilines is 1. The standard InChI is InChI=1S/C42H54N5O4P/c1-32(2)46(33(3)4)52(29-9-27-43-6)51-41-30-34(5)45(31-41)42(48)10-8-28-44(7)39-23-19-37(20-24-39)17-15-35-11-13-36(14-12-35)16-18-38-21-25-40(26-22-38)47(49)50/h11-26,32-34,41H,8-10,27-31H2,1-5,7H3/b17-15+,18-16+/t34-,41-,52?/m1/s1/i5D. The normalized spacial score (nSPS) is 17.0. The smallest absolute Gasteiger partial charge is 0.269 e. The molecule has 0 aromatic heterocycles. The number of carbonyl (C=O) groups excluding carboxylic acids is 1. The third-order valence-corrected chi connectivity index (χ3v) is 11.8. The van der Waals surface area contributed by atoms with Crippen LogP contribution in [0.15, 0.2) is 72.8 Å². The molecule has 52 heavy (non-hydrogen) atoms. The number of benzene rings is 3. The first-order valence-corrected chi connectivity index (χ1v) is 19.5. The van der Waals surface area contributed by atoms with Crippen molar-refractivity contribution in [3.63, 3.8) is 0 Å². The summed E-state index contributed by atoms with van der Waals surface area (Å²) in [5.74, 6) is 0.0951. The van der Waals surface area contributed by atoms with Gasteiger partial charge >= 0.3 is 0 Å². The summed E-state index contributed by atoms with van der Waals surface area (Å²) in [5, 5.41) is 10.9. The largest absolute Gasteiger partial charge is 0.375 e. The molecule has 1 aliphatic rings. The first kappa shape index (κ1) is 38.9. The number of nitro benzene ring substituents is 1. The summed E-state index contributed by atoms with van der Waals surface area (Å²) < 4.78 is 17.3. The lowest BCUT2D eigenvalue weighted by Gasteiger charge is -2.38. The Hall–Kier alpha value is -4.35. The summed E-state index contributed by atoms with van der Waals surface area (Å²) in [6, 6.07) is 23.6. The molecular formula is C42H54N5O4P. The summed E-state index contributed by atoms with van der Waals surface area (Å²) in [4.78, 5) is 31.4. The van der Waals surface area contributed by atoms with Crippen LogP contribution in [0.2, 0.25) is 0 Å². The molecule has 3 atom stereocenters. The molecule has 4 rings (SSSR count).